The lowest BCUT2D eigenvalue weighted by atomic mass is 10.1. The highest BCUT2D eigenvalue weighted by Gasteiger charge is 2.28. The number of pyridine rings is 1. The molecule has 0 atom stereocenters. The Morgan fingerprint density at radius 3 is 2.83 bits per heavy atom. The highest BCUT2D eigenvalue weighted by molar-refractivity contribution is 6.00. The molecule has 2 aliphatic rings. The number of fused-ring (bicyclic) bond motifs is 2. The molecule has 0 aliphatic carbocycles. The van der Waals surface area contributed by atoms with E-state index in [9.17, 15) is 4.79 Å². The Morgan fingerprint density at radius 2 is 1.96 bits per heavy atom. The molecule has 0 N–H and O–H groups in total. The average Bonchev–Trinajstić information content (AvgIpc) is 2.89. The summed E-state index contributed by atoms with van der Waals surface area (Å²) >= 11 is 0. The van der Waals surface area contributed by atoms with Crippen LogP contribution in [0.1, 0.15) is 22.5 Å². The zero-order chi connectivity index (χ0) is 15.6. The third-order valence-electron chi connectivity index (χ3n) is 4.67. The van der Waals surface area contributed by atoms with Gasteiger partial charge < -0.3 is 9.64 Å². The van der Waals surface area contributed by atoms with Crippen LogP contribution in [0.5, 0.6) is 0 Å². The number of carbonyl (C=O) groups is 1. The van der Waals surface area contributed by atoms with Crippen LogP contribution in [-0.4, -0.2) is 60.1 Å². The van der Waals surface area contributed by atoms with E-state index in [1.807, 2.05) is 35.2 Å². The Bertz CT molecular complexity index is 725. The topological polar surface area (TPSA) is 45.7 Å². The van der Waals surface area contributed by atoms with E-state index in [0.29, 0.717) is 6.54 Å². The van der Waals surface area contributed by atoms with Crippen LogP contribution in [0.3, 0.4) is 0 Å². The number of aromatic nitrogens is 1. The lowest BCUT2D eigenvalue weighted by molar-refractivity contribution is 0.0358. The molecule has 5 nitrogen and oxygen atoms in total. The van der Waals surface area contributed by atoms with Gasteiger partial charge in [-0.15, -0.1) is 0 Å². The minimum absolute atomic E-state index is 0.125. The maximum absolute atomic E-state index is 12.6. The number of benzene rings is 1. The SMILES string of the molecule is O=C1c2cc3ccccc3nc2CN1CCCN1CCOCC1. The number of amides is 1. The highest BCUT2D eigenvalue weighted by Crippen LogP contribution is 2.25. The number of para-hydroxylation sites is 1. The van der Waals surface area contributed by atoms with Crippen LogP contribution in [0, 0.1) is 0 Å². The molecule has 5 heteroatoms. The van der Waals surface area contributed by atoms with Gasteiger partial charge in [-0.1, -0.05) is 18.2 Å². The first kappa shape index (κ1) is 14.6. The number of ether oxygens (including phenoxy) is 1. The number of nitrogens with zero attached hydrogens (tertiary/aromatic N) is 3. The molecule has 0 spiro atoms. The minimum Gasteiger partial charge on any atom is -0.379 e. The van der Waals surface area contributed by atoms with Crippen LogP contribution in [-0.2, 0) is 11.3 Å². The van der Waals surface area contributed by atoms with E-state index in [1.54, 1.807) is 0 Å². The minimum atomic E-state index is 0.125. The summed E-state index contributed by atoms with van der Waals surface area (Å²) in [5.74, 6) is 0.125. The molecule has 2 aromatic rings. The van der Waals surface area contributed by atoms with E-state index < -0.39 is 0 Å². The van der Waals surface area contributed by atoms with Crippen LogP contribution in [0.25, 0.3) is 10.9 Å². The Labute approximate surface area is 135 Å². The first-order chi connectivity index (χ1) is 11.3. The van der Waals surface area contributed by atoms with E-state index in [0.717, 1.165) is 68.0 Å². The van der Waals surface area contributed by atoms with Crippen molar-refractivity contribution in [2.75, 3.05) is 39.4 Å². The predicted molar refractivity (Wildman–Crippen MR) is 88.4 cm³/mol. The number of rotatable bonds is 4. The van der Waals surface area contributed by atoms with Gasteiger partial charge in [0.25, 0.3) is 5.91 Å². The summed E-state index contributed by atoms with van der Waals surface area (Å²) in [6, 6.07) is 9.97. The van der Waals surface area contributed by atoms with Crippen molar-refractivity contribution in [2.45, 2.75) is 13.0 Å². The maximum atomic E-state index is 12.6. The van der Waals surface area contributed by atoms with Crippen molar-refractivity contribution >= 4 is 16.8 Å². The molecule has 0 bridgehead atoms. The van der Waals surface area contributed by atoms with Crippen LogP contribution in [0.15, 0.2) is 30.3 Å². The molecule has 23 heavy (non-hydrogen) atoms. The van der Waals surface area contributed by atoms with Gasteiger partial charge in [-0.25, -0.2) is 0 Å². The molecule has 1 aromatic heterocycles. The van der Waals surface area contributed by atoms with Crippen LogP contribution < -0.4 is 0 Å². The molecule has 2 aliphatic heterocycles. The standard InChI is InChI=1S/C18H21N3O2/c22-18-15-12-14-4-1-2-5-16(14)19-17(15)13-21(18)7-3-6-20-8-10-23-11-9-20/h1-2,4-5,12H,3,6-11,13H2. The molecule has 1 fully saturated rings. The van der Waals surface area contributed by atoms with Crippen LogP contribution >= 0.6 is 0 Å². The summed E-state index contributed by atoms with van der Waals surface area (Å²) in [5.41, 5.74) is 2.66. The number of hydrogen-bond acceptors (Lipinski definition) is 4. The van der Waals surface area contributed by atoms with Crippen LogP contribution in [0.4, 0.5) is 0 Å². The molecule has 1 amide bonds. The normalized spacial score (nSPS) is 18.6. The summed E-state index contributed by atoms with van der Waals surface area (Å²) < 4.78 is 5.36. The Morgan fingerprint density at radius 1 is 1.13 bits per heavy atom. The zero-order valence-corrected chi connectivity index (χ0v) is 13.2. The first-order valence-electron chi connectivity index (χ1n) is 8.29. The summed E-state index contributed by atoms with van der Waals surface area (Å²) in [6.45, 7) is 6.11. The van der Waals surface area contributed by atoms with Crippen molar-refractivity contribution in [3.05, 3.63) is 41.6 Å². The van der Waals surface area contributed by atoms with E-state index in [-0.39, 0.29) is 5.91 Å². The van der Waals surface area contributed by atoms with E-state index in [2.05, 4.69) is 9.88 Å². The smallest absolute Gasteiger partial charge is 0.256 e. The summed E-state index contributed by atoms with van der Waals surface area (Å²) in [7, 11) is 0. The molecular weight excluding hydrogens is 290 g/mol. The molecule has 3 heterocycles. The largest absolute Gasteiger partial charge is 0.379 e. The molecular formula is C18H21N3O2. The van der Waals surface area contributed by atoms with Crippen molar-refractivity contribution in [3.63, 3.8) is 0 Å². The third kappa shape index (κ3) is 2.94. The van der Waals surface area contributed by atoms with Crippen molar-refractivity contribution < 1.29 is 9.53 Å². The van der Waals surface area contributed by atoms with Crippen molar-refractivity contribution in [3.8, 4) is 0 Å². The van der Waals surface area contributed by atoms with Gasteiger partial charge in [0.05, 0.1) is 36.5 Å². The second-order valence-corrected chi connectivity index (χ2v) is 6.21. The second-order valence-electron chi connectivity index (χ2n) is 6.21. The fourth-order valence-corrected chi connectivity index (χ4v) is 3.38. The molecule has 0 saturated carbocycles. The fraction of sp³-hybridized carbons (Fsp3) is 0.444. The van der Waals surface area contributed by atoms with E-state index >= 15 is 0 Å². The highest BCUT2D eigenvalue weighted by atomic mass is 16.5. The lowest BCUT2D eigenvalue weighted by Gasteiger charge is -2.27. The van der Waals surface area contributed by atoms with Gasteiger partial charge in [0.15, 0.2) is 0 Å². The summed E-state index contributed by atoms with van der Waals surface area (Å²) in [4.78, 5) is 21.6. The van der Waals surface area contributed by atoms with Gasteiger partial charge in [-0.2, -0.15) is 0 Å². The molecule has 1 aromatic carbocycles. The second kappa shape index (κ2) is 6.26. The van der Waals surface area contributed by atoms with Crippen LogP contribution in [0.2, 0.25) is 0 Å². The molecule has 0 unspecified atom stereocenters. The van der Waals surface area contributed by atoms with Gasteiger partial charge in [0.2, 0.25) is 0 Å². The Hall–Kier alpha value is -1.98. The number of hydrogen-bond donors (Lipinski definition) is 0. The van der Waals surface area contributed by atoms with Crippen molar-refractivity contribution in [1.29, 1.82) is 0 Å². The van der Waals surface area contributed by atoms with Crippen molar-refractivity contribution in [1.82, 2.24) is 14.8 Å². The van der Waals surface area contributed by atoms with Crippen molar-refractivity contribution in [2.24, 2.45) is 0 Å². The van der Waals surface area contributed by atoms with E-state index in [1.165, 1.54) is 0 Å². The Balaban J connectivity index is 1.41. The summed E-state index contributed by atoms with van der Waals surface area (Å²) in [5, 5.41) is 1.04. The van der Waals surface area contributed by atoms with Gasteiger partial charge in [0, 0.05) is 31.6 Å². The molecule has 1 saturated heterocycles. The van der Waals surface area contributed by atoms with Gasteiger partial charge in [-0.05, 0) is 18.6 Å². The van der Waals surface area contributed by atoms with E-state index in [4.69, 9.17) is 4.74 Å². The lowest BCUT2D eigenvalue weighted by Crippen LogP contribution is -2.38. The quantitative estimate of drug-likeness (QED) is 0.865. The number of morpholine rings is 1. The molecule has 4 rings (SSSR count). The third-order valence-corrected chi connectivity index (χ3v) is 4.67. The number of carbonyl (C=O) groups excluding carboxylic acids is 1. The average molecular weight is 311 g/mol. The maximum Gasteiger partial charge on any atom is 0.256 e. The van der Waals surface area contributed by atoms with Gasteiger partial charge in [0.1, 0.15) is 0 Å². The molecule has 0 radical (unpaired) electrons. The fourth-order valence-electron chi connectivity index (χ4n) is 3.38. The predicted octanol–water partition coefficient (Wildman–Crippen LogP) is 1.91. The monoisotopic (exact) mass is 311 g/mol. The molecule has 120 valence electrons. The zero-order valence-electron chi connectivity index (χ0n) is 13.2. The Kier molecular flexibility index (Phi) is 3.97. The summed E-state index contributed by atoms with van der Waals surface area (Å²) in [6.07, 6.45) is 0.999. The first-order valence-corrected chi connectivity index (χ1v) is 8.29. The van der Waals surface area contributed by atoms with Gasteiger partial charge in [-0.3, -0.25) is 14.7 Å². The van der Waals surface area contributed by atoms with Gasteiger partial charge >= 0.3 is 0 Å².